The molecule has 0 unspecified atom stereocenters. The Morgan fingerprint density at radius 1 is 1.21 bits per heavy atom. The Morgan fingerprint density at radius 3 is 2.38 bits per heavy atom. The fraction of sp³-hybridized carbons (Fsp3) is 0.600. The molecule has 9 heteroatoms. The molecule has 0 bridgehead atoms. The average molecular weight is 341 g/mol. The minimum atomic E-state index is -1.21. The van der Waals surface area contributed by atoms with Gasteiger partial charge in [0.05, 0.1) is 13.7 Å². The van der Waals surface area contributed by atoms with Crippen molar-refractivity contribution in [2.24, 2.45) is 0 Å². The highest BCUT2D eigenvalue weighted by atomic mass is 16.6. The maximum atomic E-state index is 12.1. The summed E-state index contributed by atoms with van der Waals surface area (Å²) in [7, 11) is 1.23. The van der Waals surface area contributed by atoms with Gasteiger partial charge in [0.25, 0.3) is 5.91 Å². The van der Waals surface area contributed by atoms with Crippen LogP contribution >= 0.6 is 0 Å². The van der Waals surface area contributed by atoms with Crippen LogP contribution < -0.4 is 10.6 Å². The third kappa shape index (κ3) is 5.90. The molecule has 0 aromatic carbocycles. The second-order valence-electron chi connectivity index (χ2n) is 6.55. The predicted octanol–water partition coefficient (Wildman–Crippen LogP) is 1.38. The second-order valence-corrected chi connectivity index (χ2v) is 6.55. The smallest absolute Gasteiger partial charge is 0.408 e. The van der Waals surface area contributed by atoms with Crippen LogP contribution in [0.1, 0.15) is 51.0 Å². The van der Waals surface area contributed by atoms with Crippen LogP contribution in [-0.4, -0.2) is 41.2 Å². The molecule has 24 heavy (non-hydrogen) atoms. The Labute approximate surface area is 140 Å². The van der Waals surface area contributed by atoms with E-state index in [1.165, 1.54) is 21.0 Å². The summed E-state index contributed by atoms with van der Waals surface area (Å²) in [5.74, 6) is -1.06. The van der Waals surface area contributed by atoms with Crippen LogP contribution in [0.5, 0.6) is 0 Å². The molecule has 0 atom stereocenters. The number of amides is 2. The quantitative estimate of drug-likeness (QED) is 0.776. The molecule has 2 N–H and O–H groups in total. The van der Waals surface area contributed by atoms with Gasteiger partial charge in [0, 0.05) is 0 Å². The lowest BCUT2D eigenvalue weighted by Gasteiger charge is -2.22. The van der Waals surface area contributed by atoms with Crippen molar-refractivity contribution in [2.75, 3.05) is 7.11 Å². The molecule has 1 aromatic rings. The highest BCUT2D eigenvalue weighted by Gasteiger charge is 2.31. The zero-order chi connectivity index (χ0) is 18.5. The molecule has 1 aromatic heterocycles. The molecule has 0 spiro atoms. The number of carbonyl (C=O) groups excluding carboxylic acids is 3. The topological polar surface area (TPSA) is 120 Å². The molecule has 0 aliphatic rings. The van der Waals surface area contributed by atoms with Gasteiger partial charge in [-0.1, -0.05) is 0 Å². The van der Waals surface area contributed by atoms with E-state index in [0.29, 0.717) is 0 Å². The lowest BCUT2D eigenvalue weighted by molar-refractivity contribution is -0.146. The fourth-order valence-corrected chi connectivity index (χ4v) is 1.61. The Hall–Kier alpha value is -2.58. The summed E-state index contributed by atoms with van der Waals surface area (Å²) in [6.07, 6.45) is 0.507. The summed E-state index contributed by atoms with van der Waals surface area (Å²) in [5, 5.41) is 4.94. The molecule has 0 saturated heterocycles. The largest absolute Gasteiger partial charge is 0.467 e. The van der Waals surface area contributed by atoms with Crippen molar-refractivity contribution in [2.45, 2.75) is 52.3 Å². The van der Waals surface area contributed by atoms with Crippen molar-refractivity contribution in [1.29, 1.82) is 0 Å². The number of hydrogen-bond acceptors (Lipinski definition) is 7. The zero-order valence-corrected chi connectivity index (χ0v) is 14.7. The number of ether oxygens (including phenoxy) is 2. The molecule has 1 heterocycles. The van der Waals surface area contributed by atoms with Crippen LogP contribution in [0.3, 0.4) is 0 Å². The monoisotopic (exact) mass is 341 g/mol. The molecule has 134 valence electrons. The van der Waals surface area contributed by atoms with E-state index in [0.717, 1.165) is 6.26 Å². The average Bonchev–Trinajstić information content (AvgIpc) is 2.91. The number of nitrogens with one attached hydrogen (secondary N) is 2. The van der Waals surface area contributed by atoms with E-state index >= 15 is 0 Å². The van der Waals surface area contributed by atoms with Gasteiger partial charge in [-0.3, -0.25) is 4.79 Å². The van der Waals surface area contributed by atoms with E-state index in [9.17, 15) is 14.4 Å². The number of aromatic nitrogens is 1. The number of alkyl carbamates (subject to hydrolysis) is 1. The van der Waals surface area contributed by atoms with Gasteiger partial charge < -0.3 is 24.5 Å². The molecule has 0 radical (unpaired) electrons. The van der Waals surface area contributed by atoms with Crippen LogP contribution in [0.25, 0.3) is 0 Å². The standard InChI is InChI=1S/C15H23N3O6/c1-14(2,3)24-13(21)16-7-10-17-9(8-23-10)11(19)18-15(4,5)12(20)22-6/h8H,7H2,1-6H3,(H,16,21)(H,18,19). The first kappa shape index (κ1) is 19.5. The van der Waals surface area contributed by atoms with E-state index in [-0.39, 0.29) is 18.1 Å². The normalized spacial score (nSPS) is 11.6. The molecular weight excluding hydrogens is 318 g/mol. The Morgan fingerprint density at radius 2 is 1.83 bits per heavy atom. The number of oxazole rings is 1. The number of esters is 1. The maximum absolute atomic E-state index is 12.1. The van der Waals surface area contributed by atoms with Crippen LogP contribution in [0.4, 0.5) is 4.79 Å². The number of nitrogens with zero attached hydrogens (tertiary/aromatic N) is 1. The van der Waals surface area contributed by atoms with Crippen LogP contribution in [0.2, 0.25) is 0 Å². The number of methoxy groups -OCH3 is 1. The highest BCUT2D eigenvalue weighted by molar-refractivity contribution is 5.96. The molecule has 0 saturated carbocycles. The van der Waals surface area contributed by atoms with Crippen molar-refractivity contribution < 1.29 is 28.3 Å². The van der Waals surface area contributed by atoms with E-state index in [4.69, 9.17) is 9.15 Å². The van der Waals surface area contributed by atoms with Crippen molar-refractivity contribution >= 4 is 18.0 Å². The Kier molecular flexibility index (Phi) is 5.94. The molecule has 0 fully saturated rings. The van der Waals surface area contributed by atoms with Gasteiger partial charge in [-0.05, 0) is 34.6 Å². The lowest BCUT2D eigenvalue weighted by atomic mass is 10.1. The molecule has 0 aliphatic carbocycles. The van der Waals surface area contributed by atoms with Gasteiger partial charge in [0.15, 0.2) is 5.69 Å². The summed E-state index contributed by atoms with van der Waals surface area (Å²) in [5.41, 5.74) is -1.85. The summed E-state index contributed by atoms with van der Waals surface area (Å²) in [4.78, 5) is 39.1. The highest BCUT2D eigenvalue weighted by Crippen LogP contribution is 2.09. The van der Waals surface area contributed by atoms with Gasteiger partial charge in [-0.2, -0.15) is 0 Å². The van der Waals surface area contributed by atoms with Crippen LogP contribution in [-0.2, 0) is 20.8 Å². The van der Waals surface area contributed by atoms with E-state index < -0.39 is 29.1 Å². The molecule has 2 amide bonds. The summed E-state index contributed by atoms with van der Waals surface area (Å²) in [6.45, 7) is 8.18. The Bertz CT molecular complexity index is 615. The van der Waals surface area contributed by atoms with Gasteiger partial charge in [0.1, 0.15) is 17.4 Å². The van der Waals surface area contributed by atoms with Crippen molar-refractivity contribution in [1.82, 2.24) is 15.6 Å². The first-order valence-electron chi connectivity index (χ1n) is 7.27. The van der Waals surface area contributed by atoms with Gasteiger partial charge >= 0.3 is 12.1 Å². The van der Waals surface area contributed by atoms with Gasteiger partial charge in [-0.25, -0.2) is 14.6 Å². The summed E-state index contributed by atoms with van der Waals surface area (Å²) in [6, 6.07) is 0. The summed E-state index contributed by atoms with van der Waals surface area (Å²) >= 11 is 0. The van der Waals surface area contributed by atoms with Crippen molar-refractivity contribution in [3.8, 4) is 0 Å². The molecule has 1 rings (SSSR count). The van der Waals surface area contributed by atoms with E-state index in [2.05, 4.69) is 20.4 Å². The predicted molar refractivity (Wildman–Crippen MR) is 83.1 cm³/mol. The summed E-state index contributed by atoms with van der Waals surface area (Å²) < 4.78 is 14.8. The minimum absolute atomic E-state index is 0.0204. The third-order valence-corrected chi connectivity index (χ3v) is 2.69. The second kappa shape index (κ2) is 7.33. The van der Waals surface area contributed by atoms with E-state index in [1.807, 2.05) is 0 Å². The minimum Gasteiger partial charge on any atom is -0.467 e. The number of hydrogen-bond donors (Lipinski definition) is 2. The third-order valence-electron chi connectivity index (χ3n) is 2.69. The van der Waals surface area contributed by atoms with Crippen molar-refractivity contribution in [3.05, 3.63) is 17.8 Å². The number of rotatable bonds is 5. The number of carbonyl (C=O) groups is 3. The SMILES string of the molecule is COC(=O)C(C)(C)NC(=O)c1coc(CNC(=O)OC(C)(C)C)n1. The van der Waals surface area contributed by atoms with Gasteiger partial charge in [0.2, 0.25) is 5.89 Å². The zero-order valence-electron chi connectivity index (χ0n) is 14.7. The van der Waals surface area contributed by atoms with Crippen LogP contribution in [0, 0.1) is 0 Å². The van der Waals surface area contributed by atoms with Crippen molar-refractivity contribution in [3.63, 3.8) is 0 Å². The molecule has 0 aliphatic heterocycles. The van der Waals surface area contributed by atoms with Gasteiger partial charge in [-0.15, -0.1) is 0 Å². The first-order valence-corrected chi connectivity index (χ1v) is 7.27. The Balaban J connectivity index is 2.61. The maximum Gasteiger partial charge on any atom is 0.408 e. The lowest BCUT2D eigenvalue weighted by Crippen LogP contribution is -2.50. The van der Waals surface area contributed by atoms with Crippen LogP contribution in [0.15, 0.2) is 10.7 Å². The molecular formula is C15H23N3O6. The van der Waals surface area contributed by atoms with E-state index in [1.54, 1.807) is 20.8 Å². The first-order chi connectivity index (χ1) is 10.9. The fourth-order valence-electron chi connectivity index (χ4n) is 1.61. The molecule has 9 nitrogen and oxygen atoms in total.